The summed E-state index contributed by atoms with van der Waals surface area (Å²) in [6, 6.07) is 17.4. The number of allylic oxidation sites excluding steroid dienone is 1. The monoisotopic (exact) mass is 419 g/mol. The molecule has 2 atom stereocenters. The van der Waals surface area contributed by atoms with Gasteiger partial charge in [0, 0.05) is 6.42 Å². The summed E-state index contributed by atoms with van der Waals surface area (Å²) in [6.07, 6.45) is 3.00. The summed E-state index contributed by atoms with van der Waals surface area (Å²) in [5.74, 6) is -2.21. The third-order valence-electron chi connectivity index (χ3n) is 5.17. The molecule has 2 heterocycles. The molecule has 2 aliphatic rings. The Morgan fingerprint density at radius 1 is 1.10 bits per heavy atom. The molecule has 0 aliphatic carbocycles. The molecule has 0 bridgehead atoms. The highest BCUT2D eigenvalue weighted by atomic mass is 16.6. The van der Waals surface area contributed by atoms with E-state index in [0.29, 0.717) is 0 Å². The molecular weight excluding hydrogens is 398 g/mol. The van der Waals surface area contributed by atoms with Gasteiger partial charge in [0.25, 0.3) is 0 Å². The van der Waals surface area contributed by atoms with Crippen molar-refractivity contribution in [3.63, 3.8) is 0 Å². The summed E-state index contributed by atoms with van der Waals surface area (Å²) >= 11 is 0. The molecule has 2 fully saturated rings. The first kappa shape index (κ1) is 20.4. The van der Waals surface area contributed by atoms with Crippen LogP contribution >= 0.6 is 0 Å². The molecule has 1 N–H and O–H groups in total. The normalized spacial score (nSPS) is 21.3. The molecule has 2 aromatic rings. The number of β-lactam (4-membered cyclic amide) rings is 1. The minimum absolute atomic E-state index is 0.0203. The molecule has 1 unspecified atom stereocenters. The summed E-state index contributed by atoms with van der Waals surface area (Å²) in [7, 11) is 0. The molecule has 2 aromatic carbocycles. The van der Waals surface area contributed by atoms with Gasteiger partial charge in [-0.25, -0.2) is 9.59 Å². The Morgan fingerprint density at radius 2 is 1.77 bits per heavy atom. The number of hydrogen-bond donors (Lipinski definition) is 1. The Bertz CT molecular complexity index is 1040. The second kappa shape index (κ2) is 8.87. The fraction of sp³-hybridized carbons (Fsp3) is 0.208. The maximum atomic E-state index is 12.8. The number of carbonyl (C=O) groups excluding carboxylic acids is 2. The van der Waals surface area contributed by atoms with Gasteiger partial charge < -0.3 is 14.6 Å². The van der Waals surface area contributed by atoms with Crippen molar-refractivity contribution < 1.29 is 29.0 Å². The molecule has 2 aliphatic heterocycles. The molecule has 2 saturated heterocycles. The van der Waals surface area contributed by atoms with Gasteiger partial charge in [0.05, 0.1) is 12.0 Å². The van der Waals surface area contributed by atoms with Gasteiger partial charge in [-0.3, -0.25) is 9.69 Å². The average Bonchev–Trinajstić information content (AvgIpc) is 3.08. The van der Waals surface area contributed by atoms with Crippen LogP contribution in [0.2, 0.25) is 0 Å². The maximum absolute atomic E-state index is 12.8. The first-order valence-electron chi connectivity index (χ1n) is 9.91. The smallest absolute Gasteiger partial charge is 0.337 e. The van der Waals surface area contributed by atoms with E-state index in [2.05, 4.69) is 0 Å². The molecule has 0 saturated carbocycles. The lowest BCUT2D eigenvalue weighted by atomic mass is 10.0. The second-order valence-corrected chi connectivity index (χ2v) is 7.24. The molecule has 1 amide bonds. The van der Waals surface area contributed by atoms with E-state index in [1.807, 2.05) is 60.7 Å². The highest BCUT2D eigenvalue weighted by molar-refractivity contribution is 5.95. The number of carboxylic acid groups (broad SMARTS) is 1. The fourth-order valence-corrected chi connectivity index (χ4v) is 3.58. The van der Waals surface area contributed by atoms with Gasteiger partial charge in [-0.1, -0.05) is 72.8 Å². The van der Waals surface area contributed by atoms with E-state index >= 15 is 0 Å². The lowest BCUT2D eigenvalue weighted by Gasteiger charge is -2.33. The molecule has 4 rings (SSSR count). The average molecular weight is 419 g/mol. The molecule has 158 valence electrons. The van der Waals surface area contributed by atoms with Crippen LogP contribution in [0.5, 0.6) is 0 Å². The maximum Gasteiger partial charge on any atom is 0.337 e. The van der Waals surface area contributed by atoms with Crippen LogP contribution in [-0.2, 0) is 30.5 Å². The van der Waals surface area contributed by atoms with Crippen LogP contribution in [0.3, 0.4) is 0 Å². The first-order valence-corrected chi connectivity index (χ1v) is 9.91. The third-order valence-corrected chi connectivity index (χ3v) is 5.17. The van der Waals surface area contributed by atoms with Crippen LogP contribution in [0.4, 0.5) is 0 Å². The minimum atomic E-state index is -1.21. The Labute approximate surface area is 179 Å². The standard InChI is InChI=1S/C24H21NO6/c26-19-14-20-25(19)21(24(29)30-15-17-10-5-2-6-11-17)22(31-20)18(23(27)28)13-7-12-16-8-3-1-4-9-16/h1-12,20-21H,13-15H2,(H,27,28)/b12-7+,22-18?/t20-,21?/m1/s1. The number of carboxylic acids is 1. The van der Waals surface area contributed by atoms with Crippen molar-refractivity contribution in [3.05, 3.63) is 89.2 Å². The van der Waals surface area contributed by atoms with E-state index in [9.17, 15) is 19.5 Å². The summed E-state index contributed by atoms with van der Waals surface area (Å²) in [5.41, 5.74) is 1.63. The Hall–Kier alpha value is -3.87. The van der Waals surface area contributed by atoms with Crippen molar-refractivity contribution in [1.29, 1.82) is 0 Å². The fourth-order valence-electron chi connectivity index (χ4n) is 3.58. The first-order chi connectivity index (χ1) is 15.0. The number of nitrogens with zero attached hydrogens (tertiary/aromatic N) is 1. The number of rotatable bonds is 7. The minimum Gasteiger partial charge on any atom is -0.478 e. The van der Waals surface area contributed by atoms with Gasteiger partial charge in [-0.05, 0) is 11.1 Å². The molecule has 31 heavy (non-hydrogen) atoms. The summed E-state index contributed by atoms with van der Waals surface area (Å²) in [5, 5.41) is 9.77. The summed E-state index contributed by atoms with van der Waals surface area (Å²) in [6.45, 7) is 0.0203. The highest BCUT2D eigenvalue weighted by Crippen LogP contribution is 2.39. The van der Waals surface area contributed by atoms with E-state index in [-0.39, 0.29) is 36.7 Å². The number of benzene rings is 2. The zero-order valence-electron chi connectivity index (χ0n) is 16.6. The summed E-state index contributed by atoms with van der Waals surface area (Å²) < 4.78 is 11.1. The van der Waals surface area contributed by atoms with Crippen molar-refractivity contribution in [2.24, 2.45) is 0 Å². The number of ether oxygens (including phenoxy) is 2. The van der Waals surface area contributed by atoms with Crippen LogP contribution < -0.4 is 0 Å². The lowest BCUT2D eigenvalue weighted by Crippen LogP contribution is -2.55. The number of fused-ring (bicyclic) bond motifs is 1. The van der Waals surface area contributed by atoms with E-state index in [1.165, 1.54) is 4.90 Å². The van der Waals surface area contributed by atoms with E-state index in [0.717, 1.165) is 11.1 Å². The van der Waals surface area contributed by atoms with Crippen molar-refractivity contribution >= 4 is 23.9 Å². The molecule has 0 aromatic heterocycles. The van der Waals surface area contributed by atoms with Crippen molar-refractivity contribution in [2.45, 2.75) is 31.7 Å². The van der Waals surface area contributed by atoms with Gasteiger partial charge in [-0.2, -0.15) is 0 Å². The Kier molecular flexibility index (Phi) is 5.84. The topological polar surface area (TPSA) is 93.1 Å². The van der Waals surface area contributed by atoms with Crippen LogP contribution in [-0.4, -0.2) is 40.1 Å². The molecule has 0 spiro atoms. The Morgan fingerprint density at radius 3 is 2.42 bits per heavy atom. The lowest BCUT2D eigenvalue weighted by molar-refractivity contribution is -0.166. The quantitative estimate of drug-likeness (QED) is 0.421. The zero-order chi connectivity index (χ0) is 21.8. The number of carbonyl (C=O) groups is 3. The number of esters is 1. The number of aliphatic carboxylic acids is 1. The molecule has 0 radical (unpaired) electrons. The van der Waals surface area contributed by atoms with Crippen molar-refractivity contribution in [3.8, 4) is 0 Å². The zero-order valence-corrected chi connectivity index (χ0v) is 16.6. The SMILES string of the molecule is O=C(O)C(C/C=C/c1ccccc1)=C1O[C@@H]2CC(=O)N2C1C(=O)OCc1ccccc1. The van der Waals surface area contributed by atoms with Crippen molar-refractivity contribution in [2.75, 3.05) is 0 Å². The summed E-state index contributed by atoms with van der Waals surface area (Å²) in [4.78, 5) is 38.2. The van der Waals surface area contributed by atoms with Crippen LogP contribution in [0.25, 0.3) is 6.08 Å². The van der Waals surface area contributed by atoms with Crippen LogP contribution in [0.1, 0.15) is 24.0 Å². The van der Waals surface area contributed by atoms with Gasteiger partial charge in [0.1, 0.15) is 12.4 Å². The second-order valence-electron chi connectivity index (χ2n) is 7.24. The molecule has 7 nitrogen and oxygen atoms in total. The van der Waals surface area contributed by atoms with E-state index in [1.54, 1.807) is 12.2 Å². The Balaban J connectivity index is 1.57. The largest absolute Gasteiger partial charge is 0.478 e. The third kappa shape index (κ3) is 4.35. The predicted octanol–water partition coefficient (Wildman–Crippen LogP) is 3.13. The number of hydrogen-bond acceptors (Lipinski definition) is 5. The van der Waals surface area contributed by atoms with Crippen molar-refractivity contribution in [1.82, 2.24) is 4.90 Å². The van der Waals surface area contributed by atoms with Gasteiger partial charge in [0.2, 0.25) is 5.91 Å². The van der Waals surface area contributed by atoms with Crippen LogP contribution in [0, 0.1) is 0 Å². The van der Waals surface area contributed by atoms with E-state index < -0.39 is 24.2 Å². The molecule has 7 heteroatoms. The van der Waals surface area contributed by atoms with E-state index in [4.69, 9.17) is 9.47 Å². The molecular formula is C24H21NO6. The predicted molar refractivity (Wildman–Crippen MR) is 111 cm³/mol. The highest BCUT2D eigenvalue weighted by Gasteiger charge is 2.55. The van der Waals surface area contributed by atoms with Gasteiger partial charge in [0.15, 0.2) is 12.3 Å². The van der Waals surface area contributed by atoms with Crippen LogP contribution in [0.15, 0.2) is 78.1 Å². The van der Waals surface area contributed by atoms with Gasteiger partial charge in [-0.15, -0.1) is 0 Å². The number of amides is 1. The van der Waals surface area contributed by atoms with Gasteiger partial charge >= 0.3 is 11.9 Å².